The van der Waals surface area contributed by atoms with Gasteiger partial charge in [-0.15, -0.1) is 0 Å². The van der Waals surface area contributed by atoms with Crippen molar-refractivity contribution in [2.75, 3.05) is 0 Å². The third kappa shape index (κ3) is 3.35. The number of carbonyl (C=O) groups is 1. The second-order valence-electron chi connectivity index (χ2n) is 4.70. The van der Waals surface area contributed by atoms with E-state index in [-0.39, 0.29) is 11.3 Å². The molecule has 0 spiro atoms. The monoisotopic (exact) mass is 362 g/mol. The predicted octanol–water partition coefficient (Wildman–Crippen LogP) is 2.89. The van der Waals surface area contributed by atoms with Gasteiger partial charge in [0.1, 0.15) is 11.3 Å². The van der Waals surface area contributed by atoms with Gasteiger partial charge in [-0.2, -0.15) is 0 Å². The Bertz CT molecular complexity index is 1050. The maximum absolute atomic E-state index is 12.2. The molecular formula is C14H6N2O8S. The summed E-state index contributed by atoms with van der Waals surface area (Å²) in [6.07, 6.45) is 0. The van der Waals surface area contributed by atoms with Gasteiger partial charge in [0.25, 0.3) is 11.4 Å². The van der Waals surface area contributed by atoms with Gasteiger partial charge in [0, 0.05) is 18.2 Å². The van der Waals surface area contributed by atoms with Crippen molar-refractivity contribution in [3.63, 3.8) is 0 Å². The Balaban J connectivity index is 1.94. The molecule has 0 atom stereocenters. The smallest absolute Gasteiger partial charge is 0.396 e. The number of hydrogen-bond acceptors (Lipinski definition) is 9. The lowest BCUT2D eigenvalue weighted by atomic mass is 10.2. The fraction of sp³-hybridized carbons (Fsp3) is 0. The van der Waals surface area contributed by atoms with Crippen LogP contribution in [0.5, 0.6) is 5.75 Å². The number of nitro benzene ring substituents is 2. The lowest BCUT2D eigenvalue weighted by molar-refractivity contribution is -0.394. The van der Waals surface area contributed by atoms with Crippen molar-refractivity contribution in [1.29, 1.82) is 0 Å². The number of rotatable bonds is 4. The van der Waals surface area contributed by atoms with E-state index in [9.17, 15) is 29.8 Å². The fourth-order valence-corrected chi connectivity index (χ4v) is 2.70. The molecule has 0 aliphatic heterocycles. The van der Waals surface area contributed by atoms with Crippen molar-refractivity contribution in [3.8, 4) is 5.75 Å². The van der Waals surface area contributed by atoms with Crippen LogP contribution in [-0.4, -0.2) is 15.8 Å². The first-order chi connectivity index (χ1) is 11.8. The Labute approximate surface area is 141 Å². The highest BCUT2D eigenvalue weighted by molar-refractivity contribution is 7.16. The zero-order valence-corrected chi connectivity index (χ0v) is 12.8. The van der Waals surface area contributed by atoms with Crippen LogP contribution >= 0.6 is 11.3 Å². The third-order valence-corrected chi connectivity index (χ3v) is 3.86. The number of ether oxygens (including phenoxy) is 1. The lowest BCUT2D eigenvalue weighted by Gasteiger charge is -2.04. The average Bonchev–Trinajstić information content (AvgIpc) is 2.93. The molecular weight excluding hydrogens is 356 g/mol. The first-order valence-corrected chi connectivity index (χ1v) is 7.35. The fourth-order valence-electron chi connectivity index (χ4n) is 2.01. The van der Waals surface area contributed by atoms with Gasteiger partial charge < -0.3 is 9.15 Å². The number of esters is 1. The van der Waals surface area contributed by atoms with E-state index in [0.717, 1.165) is 29.5 Å². The number of carbonyl (C=O) groups excluding carboxylic acids is 1. The zero-order chi connectivity index (χ0) is 18.1. The van der Waals surface area contributed by atoms with Crippen molar-refractivity contribution in [2.45, 2.75) is 0 Å². The van der Waals surface area contributed by atoms with Crippen molar-refractivity contribution < 1.29 is 23.8 Å². The topological polar surface area (TPSA) is 143 Å². The molecule has 126 valence electrons. The summed E-state index contributed by atoms with van der Waals surface area (Å²) in [6, 6.07) is 6.67. The molecule has 2 aromatic carbocycles. The first-order valence-electron chi connectivity index (χ1n) is 6.53. The van der Waals surface area contributed by atoms with Crippen molar-refractivity contribution in [2.24, 2.45) is 0 Å². The summed E-state index contributed by atoms with van der Waals surface area (Å²) < 4.78 is 10.4. The van der Waals surface area contributed by atoms with Crippen LogP contribution < -0.4 is 9.68 Å². The van der Waals surface area contributed by atoms with E-state index in [1.165, 1.54) is 18.2 Å². The summed E-state index contributed by atoms with van der Waals surface area (Å²) in [5.41, 5.74) is -1.24. The summed E-state index contributed by atoms with van der Waals surface area (Å²) in [4.78, 5) is 42.8. The normalized spacial score (nSPS) is 10.6. The number of hydrogen-bond donors (Lipinski definition) is 0. The highest BCUT2D eigenvalue weighted by Gasteiger charge is 2.21. The van der Waals surface area contributed by atoms with E-state index in [1.54, 1.807) is 0 Å². The summed E-state index contributed by atoms with van der Waals surface area (Å²) in [6.45, 7) is 0. The highest BCUT2D eigenvalue weighted by atomic mass is 32.1. The maximum Gasteiger partial charge on any atom is 0.396 e. The van der Waals surface area contributed by atoms with E-state index < -0.39 is 32.1 Å². The molecule has 1 aromatic heterocycles. The standard InChI is InChI=1S/C14H6N2O8S/c17-13(7-3-8(15(19)20)5-9(4-7)16(21)22)23-10-1-2-11-12(6-10)25-14(18)24-11/h1-6H. The Hall–Kier alpha value is -3.60. The van der Waals surface area contributed by atoms with Crippen LogP contribution in [0.1, 0.15) is 10.4 Å². The zero-order valence-electron chi connectivity index (χ0n) is 12.0. The lowest BCUT2D eigenvalue weighted by Crippen LogP contribution is -2.09. The van der Waals surface area contributed by atoms with E-state index in [4.69, 9.17) is 9.15 Å². The molecule has 0 unspecified atom stereocenters. The van der Waals surface area contributed by atoms with Crippen molar-refractivity contribution in [3.05, 3.63) is 71.9 Å². The van der Waals surface area contributed by atoms with Gasteiger partial charge in [-0.25, -0.2) is 9.59 Å². The van der Waals surface area contributed by atoms with Crippen LogP contribution in [0.15, 0.2) is 45.6 Å². The van der Waals surface area contributed by atoms with Gasteiger partial charge in [-0.1, -0.05) is 11.3 Å². The first kappa shape index (κ1) is 16.3. The average molecular weight is 362 g/mol. The van der Waals surface area contributed by atoms with Crippen LogP contribution in [-0.2, 0) is 0 Å². The SMILES string of the molecule is O=C(Oc1ccc2oc(=O)sc2c1)c1cc([N+](=O)[O-])cc([N+](=O)[O-])c1. The van der Waals surface area contributed by atoms with Gasteiger partial charge in [-0.05, 0) is 12.1 Å². The van der Waals surface area contributed by atoms with Gasteiger partial charge in [0.05, 0.1) is 26.2 Å². The molecule has 1 heterocycles. The minimum Gasteiger partial charge on any atom is -0.423 e. The van der Waals surface area contributed by atoms with Crippen LogP contribution in [0.3, 0.4) is 0 Å². The van der Waals surface area contributed by atoms with E-state index in [0.29, 0.717) is 10.3 Å². The Morgan fingerprint density at radius 3 is 2.28 bits per heavy atom. The molecule has 0 saturated carbocycles. The van der Waals surface area contributed by atoms with Crippen LogP contribution in [0.25, 0.3) is 10.3 Å². The largest absolute Gasteiger partial charge is 0.423 e. The molecule has 25 heavy (non-hydrogen) atoms. The maximum atomic E-state index is 12.2. The molecule has 3 rings (SSSR count). The van der Waals surface area contributed by atoms with E-state index in [1.807, 2.05) is 0 Å². The molecule has 3 aromatic rings. The Morgan fingerprint density at radius 2 is 1.68 bits per heavy atom. The molecule has 0 saturated heterocycles. The Morgan fingerprint density at radius 1 is 1.04 bits per heavy atom. The van der Waals surface area contributed by atoms with E-state index >= 15 is 0 Å². The summed E-state index contributed by atoms with van der Waals surface area (Å²) >= 11 is 0.810. The molecule has 11 heteroatoms. The number of fused-ring (bicyclic) bond motifs is 1. The molecule has 0 aliphatic carbocycles. The van der Waals surface area contributed by atoms with Crippen molar-refractivity contribution >= 4 is 39.0 Å². The number of non-ortho nitro benzene ring substituents is 2. The molecule has 0 fully saturated rings. The molecule has 0 bridgehead atoms. The number of nitrogens with zero attached hydrogens (tertiary/aromatic N) is 2. The predicted molar refractivity (Wildman–Crippen MR) is 85.1 cm³/mol. The molecule has 0 amide bonds. The number of benzene rings is 2. The summed E-state index contributed by atoms with van der Waals surface area (Å²) in [5.74, 6) is -0.953. The van der Waals surface area contributed by atoms with Crippen LogP contribution in [0, 0.1) is 20.2 Å². The van der Waals surface area contributed by atoms with Gasteiger partial charge >= 0.3 is 10.9 Å². The van der Waals surface area contributed by atoms with E-state index in [2.05, 4.69) is 0 Å². The second kappa shape index (κ2) is 6.13. The van der Waals surface area contributed by atoms with Gasteiger partial charge in [-0.3, -0.25) is 20.2 Å². The second-order valence-corrected chi connectivity index (χ2v) is 5.68. The number of nitro groups is 2. The quantitative estimate of drug-likeness (QED) is 0.298. The van der Waals surface area contributed by atoms with Gasteiger partial charge in [0.2, 0.25) is 0 Å². The molecule has 10 nitrogen and oxygen atoms in total. The minimum absolute atomic E-state index is 0.0590. The highest BCUT2D eigenvalue weighted by Crippen LogP contribution is 2.26. The Kier molecular flexibility index (Phi) is 3.99. The summed E-state index contributed by atoms with van der Waals surface area (Å²) in [5, 5.41) is 21.7. The summed E-state index contributed by atoms with van der Waals surface area (Å²) in [7, 11) is 0. The molecule has 0 aliphatic rings. The van der Waals surface area contributed by atoms with Crippen LogP contribution in [0.2, 0.25) is 0 Å². The third-order valence-electron chi connectivity index (χ3n) is 3.07. The van der Waals surface area contributed by atoms with Gasteiger partial charge in [0.15, 0.2) is 0 Å². The van der Waals surface area contributed by atoms with Crippen molar-refractivity contribution in [1.82, 2.24) is 0 Å². The minimum atomic E-state index is -1.01. The van der Waals surface area contributed by atoms with Crippen LogP contribution in [0.4, 0.5) is 11.4 Å². The molecule has 0 radical (unpaired) electrons. The molecule has 0 N–H and O–H groups in total.